The highest BCUT2D eigenvalue weighted by Crippen LogP contribution is 2.41. The molecule has 0 fully saturated rings. The lowest BCUT2D eigenvalue weighted by Gasteiger charge is -2.30. The van der Waals surface area contributed by atoms with Crippen molar-refractivity contribution in [3.8, 4) is 0 Å². The number of para-hydroxylation sites is 1. The molecule has 1 aliphatic heterocycles. The van der Waals surface area contributed by atoms with Gasteiger partial charge < -0.3 is 10.2 Å². The number of unbranched alkanes of at least 4 members (excludes halogenated alkanes) is 1. The topological polar surface area (TPSA) is 49.4 Å². The number of fused-ring (bicyclic) bond motifs is 1. The summed E-state index contributed by atoms with van der Waals surface area (Å²) >= 11 is 1.30. The first-order valence-corrected chi connectivity index (χ1v) is 9.73. The molecule has 0 aromatic heterocycles. The smallest absolute Gasteiger partial charge is 0.265 e. The Morgan fingerprint density at radius 3 is 2.67 bits per heavy atom. The van der Waals surface area contributed by atoms with E-state index in [2.05, 4.69) is 12.2 Å². The predicted octanol–water partition coefficient (Wildman–Crippen LogP) is 4.26. The Morgan fingerprint density at radius 2 is 1.93 bits per heavy atom. The number of hydrogen-bond donors (Lipinski definition) is 1. The van der Waals surface area contributed by atoms with E-state index < -0.39 is 0 Å². The second-order valence-electron chi connectivity index (χ2n) is 6.24. The molecule has 0 bridgehead atoms. The van der Waals surface area contributed by atoms with Crippen LogP contribution in [0.1, 0.15) is 25.3 Å². The fraction of sp³-hybridized carbons (Fsp3) is 0.238. The van der Waals surface area contributed by atoms with Crippen LogP contribution in [0.25, 0.3) is 0 Å². The van der Waals surface area contributed by atoms with Gasteiger partial charge in [0.2, 0.25) is 5.91 Å². The molecule has 0 saturated heterocycles. The molecule has 2 aromatic carbocycles. The molecule has 0 unspecified atom stereocenters. The van der Waals surface area contributed by atoms with Gasteiger partial charge in [-0.05, 0) is 36.2 Å². The third kappa shape index (κ3) is 4.77. The van der Waals surface area contributed by atoms with Gasteiger partial charge in [-0.3, -0.25) is 9.59 Å². The molecular weight excluding hydrogens is 363 g/mol. The Labute approximate surface area is 162 Å². The number of thioether (sulfide) groups is 1. The second-order valence-corrected chi connectivity index (χ2v) is 7.32. The van der Waals surface area contributed by atoms with E-state index in [4.69, 9.17) is 0 Å². The minimum atomic E-state index is -0.316. The minimum absolute atomic E-state index is 0.228. The number of anilines is 1. The summed E-state index contributed by atoms with van der Waals surface area (Å²) in [5.41, 5.74) is 1.61. The van der Waals surface area contributed by atoms with Crippen LogP contribution in [0.5, 0.6) is 0 Å². The summed E-state index contributed by atoms with van der Waals surface area (Å²) in [5.74, 6) is -0.807. The standard InChI is InChI=1S/C21H21FN2O2S/c1-2-3-12-23-20(25)13-19-21(26)24(14-15-8-10-16(22)11-9-15)17-6-4-5-7-18(17)27-19/h4-11,13H,2-3,12,14H2,1H3,(H,23,25)/b19-13-. The fourth-order valence-electron chi connectivity index (χ4n) is 2.75. The van der Waals surface area contributed by atoms with Gasteiger partial charge >= 0.3 is 0 Å². The highest BCUT2D eigenvalue weighted by Gasteiger charge is 2.29. The van der Waals surface area contributed by atoms with Gasteiger partial charge in [0.05, 0.1) is 17.1 Å². The average molecular weight is 384 g/mol. The summed E-state index contributed by atoms with van der Waals surface area (Å²) < 4.78 is 13.2. The second kappa shape index (κ2) is 8.86. The SMILES string of the molecule is CCCCNC(=O)/C=C1\Sc2ccccc2N(Cc2ccc(F)cc2)C1=O. The molecule has 1 N–H and O–H groups in total. The summed E-state index contributed by atoms with van der Waals surface area (Å²) in [5, 5.41) is 2.81. The number of hydrogen-bond acceptors (Lipinski definition) is 3. The Kier molecular flexibility index (Phi) is 6.29. The molecule has 1 aliphatic rings. The third-order valence-electron chi connectivity index (χ3n) is 4.18. The Balaban J connectivity index is 1.86. The highest BCUT2D eigenvalue weighted by molar-refractivity contribution is 8.04. The van der Waals surface area contributed by atoms with Crippen LogP contribution in [-0.2, 0) is 16.1 Å². The molecule has 0 saturated carbocycles. The Hall–Kier alpha value is -2.60. The minimum Gasteiger partial charge on any atom is -0.353 e. The van der Waals surface area contributed by atoms with Gasteiger partial charge in [-0.2, -0.15) is 0 Å². The average Bonchev–Trinajstić information content (AvgIpc) is 2.67. The molecule has 4 nitrogen and oxygen atoms in total. The highest BCUT2D eigenvalue weighted by atomic mass is 32.2. The molecule has 0 atom stereocenters. The normalized spacial score (nSPS) is 15.0. The van der Waals surface area contributed by atoms with Gasteiger partial charge in [0, 0.05) is 17.5 Å². The number of nitrogens with one attached hydrogen (secondary N) is 1. The van der Waals surface area contributed by atoms with Crippen molar-refractivity contribution in [2.75, 3.05) is 11.4 Å². The van der Waals surface area contributed by atoms with Crippen LogP contribution in [-0.4, -0.2) is 18.4 Å². The number of amides is 2. The summed E-state index contributed by atoms with van der Waals surface area (Å²) in [7, 11) is 0. The van der Waals surface area contributed by atoms with E-state index in [1.54, 1.807) is 17.0 Å². The van der Waals surface area contributed by atoms with Gasteiger partial charge in [-0.25, -0.2) is 4.39 Å². The van der Waals surface area contributed by atoms with Crippen LogP contribution in [0.3, 0.4) is 0 Å². The van der Waals surface area contributed by atoms with E-state index in [9.17, 15) is 14.0 Å². The van der Waals surface area contributed by atoms with Crippen LogP contribution in [0.2, 0.25) is 0 Å². The zero-order valence-corrected chi connectivity index (χ0v) is 15.9. The van der Waals surface area contributed by atoms with Crippen LogP contribution >= 0.6 is 11.8 Å². The van der Waals surface area contributed by atoms with Crippen LogP contribution in [0.15, 0.2) is 64.4 Å². The number of rotatable bonds is 6. The van der Waals surface area contributed by atoms with Crippen LogP contribution in [0, 0.1) is 5.82 Å². The van der Waals surface area contributed by atoms with Gasteiger partial charge in [0.1, 0.15) is 5.82 Å². The first-order chi connectivity index (χ1) is 13.1. The molecule has 3 rings (SSSR count). The lowest BCUT2D eigenvalue weighted by atomic mass is 10.1. The molecule has 140 valence electrons. The summed E-state index contributed by atoms with van der Waals surface area (Å²) in [6, 6.07) is 13.6. The molecule has 6 heteroatoms. The summed E-state index contributed by atoms with van der Waals surface area (Å²) in [6.07, 6.45) is 3.26. The van der Waals surface area contributed by atoms with Crippen LogP contribution in [0.4, 0.5) is 10.1 Å². The third-order valence-corrected chi connectivity index (χ3v) is 5.26. The lowest BCUT2D eigenvalue weighted by molar-refractivity contribution is -0.118. The first kappa shape index (κ1) is 19.2. The summed E-state index contributed by atoms with van der Waals surface area (Å²) in [6.45, 7) is 2.95. The van der Waals surface area contributed by atoms with Gasteiger partial charge in [-0.15, -0.1) is 0 Å². The van der Waals surface area contributed by atoms with Crippen molar-refractivity contribution in [3.05, 3.63) is 70.9 Å². The van der Waals surface area contributed by atoms with Crippen molar-refractivity contribution in [2.24, 2.45) is 0 Å². The Bertz CT molecular complexity index is 865. The number of benzene rings is 2. The van der Waals surface area contributed by atoms with Crippen molar-refractivity contribution < 1.29 is 14.0 Å². The molecule has 0 spiro atoms. The van der Waals surface area contributed by atoms with Gasteiger partial charge in [-0.1, -0.05) is 49.4 Å². The quantitative estimate of drug-likeness (QED) is 0.598. The number of carbonyl (C=O) groups excluding carboxylic acids is 2. The van der Waals surface area contributed by atoms with E-state index in [1.807, 2.05) is 24.3 Å². The first-order valence-electron chi connectivity index (χ1n) is 8.91. The van der Waals surface area contributed by atoms with Crippen molar-refractivity contribution >= 4 is 29.3 Å². The fourth-order valence-corrected chi connectivity index (χ4v) is 3.78. The number of halogens is 1. The molecule has 0 aliphatic carbocycles. The van der Waals surface area contributed by atoms with Gasteiger partial charge in [0.25, 0.3) is 5.91 Å². The zero-order chi connectivity index (χ0) is 19.2. The van der Waals surface area contributed by atoms with E-state index in [-0.39, 0.29) is 17.6 Å². The van der Waals surface area contributed by atoms with Crippen molar-refractivity contribution in [1.82, 2.24) is 5.32 Å². The number of carbonyl (C=O) groups is 2. The maximum absolute atomic E-state index is 13.2. The van der Waals surface area contributed by atoms with E-state index in [1.165, 1.54) is 30.0 Å². The molecule has 27 heavy (non-hydrogen) atoms. The van der Waals surface area contributed by atoms with Crippen molar-refractivity contribution in [1.29, 1.82) is 0 Å². The molecule has 1 heterocycles. The molecule has 0 radical (unpaired) electrons. The zero-order valence-electron chi connectivity index (χ0n) is 15.1. The largest absolute Gasteiger partial charge is 0.353 e. The lowest BCUT2D eigenvalue weighted by Crippen LogP contribution is -2.34. The van der Waals surface area contributed by atoms with E-state index >= 15 is 0 Å². The predicted molar refractivity (Wildman–Crippen MR) is 106 cm³/mol. The molecule has 2 aromatic rings. The van der Waals surface area contributed by atoms with Crippen molar-refractivity contribution in [3.63, 3.8) is 0 Å². The van der Waals surface area contributed by atoms with E-state index in [0.29, 0.717) is 18.0 Å². The van der Waals surface area contributed by atoms with E-state index in [0.717, 1.165) is 29.0 Å². The van der Waals surface area contributed by atoms with Crippen molar-refractivity contribution in [2.45, 2.75) is 31.2 Å². The van der Waals surface area contributed by atoms with Crippen LogP contribution < -0.4 is 10.2 Å². The molecule has 2 amide bonds. The monoisotopic (exact) mass is 384 g/mol. The molecular formula is C21H21FN2O2S. The summed E-state index contributed by atoms with van der Waals surface area (Å²) in [4.78, 5) is 28.1. The maximum Gasteiger partial charge on any atom is 0.265 e. The Morgan fingerprint density at radius 1 is 1.19 bits per heavy atom. The maximum atomic E-state index is 13.2. The van der Waals surface area contributed by atoms with Gasteiger partial charge in [0.15, 0.2) is 0 Å². The number of nitrogens with zero attached hydrogens (tertiary/aromatic N) is 1.